The molecule has 0 radical (unpaired) electrons. The maximum absolute atomic E-state index is 11.4. The largest absolute Gasteiger partial charge is 0.478 e. The highest BCUT2D eigenvalue weighted by Crippen LogP contribution is 2.22. The third-order valence-corrected chi connectivity index (χ3v) is 4.81. The van der Waals surface area contributed by atoms with Crippen molar-refractivity contribution in [3.63, 3.8) is 0 Å². The monoisotopic (exact) mass is 464 g/mol. The number of thioether (sulfide) groups is 1. The SMILES string of the molecule is CSc1nc(NCCCOCCCCOCCCN)cc(Nc2ncccc2C(=O)O)n1. The van der Waals surface area contributed by atoms with Crippen LogP contribution in [-0.4, -0.2) is 71.8 Å². The number of carboxylic acid groups (broad SMARTS) is 1. The molecule has 0 fully saturated rings. The summed E-state index contributed by atoms with van der Waals surface area (Å²) in [6.45, 7) is 4.20. The normalized spacial score (nSPS) is 10.8. The van der Waals surface area contributed by atoms with E-state index < -0.39 is 5.97 Å². The molecule has 176 valence electrons. The van der Waals surface area contributed by atoms with Gasteiger partial charge in [-0.05, 0) is 50.6 Å². The van der Waals surface area contributed by atoms with Crippen molar-refractivity contribution in [2.24, 2.45) is 5.73 Å². The molecule has 2 rings (SSSR count). The topological polar surface area (TPSA) is 145 Å². The highest BCUT2D eigenvalue weighted by molar-refractivity contribution is 7.98. The molecule has 11 heteroatoms. The Labute approximate surface area is 192 Å². The molecule has 0 bridgehead atoms. The van der Waals surface area contributed by atoms with Crippen LogP contribution in [0.25, 0.3) is 0 Å². The number of hydrogen-bond donors (Lipinski definition) is 4. The fourth-order valence-corrected chi connectivity index (χ4v) is 3.04. The molecule has 0 amide bonds. The van der Waals surface area contributed by atoms with Crippen LogP contribution in [0.1, 0.15) is 36.0 Å². The van der Waals surface area contributed by atoms with Crippen LogP contribution in [0.3, 0.4) is 0 Å². The Kier molecular flexibility index (Phi) is 12.4. The minimum Gasteiger partial charge on any atom is -0.478 e. The van der Waals surface area contributed by atoms with E-state index >= 15 is 0 Å². The molecule has 0 aromatic carbocycles. The summed E-state index contributed by atoms with van der Waals surface area (Å²) in [5.74, 6) is 0.291. The number of nitrogens with two attached hydrogens (primary N) is 1. The third kappa shape index (κ3) is 9.77. The first-order chi connectivity index (χ1) is 15.6. The van der Waals surface area contributed by atoms with E-state index in [4.69, 9.17) is 15.2 Å². The highest BCUT2D eigenvalue weighted by atomic mass is 32.2. The van der Waals surface area contributed by atoms with Crippen LogP contribution in [0.2, 0.25) is 0 Å². The number of unbranched alkanes of at least 4 members (excludes halogenated alkanes) is 1. The van der Waals surface area contributed by atoms with Crippen LogP contribution < -0.4 is 16.4 Å². The second-order valence-corrected chi connectivity index (χ2v) is 7.58. The number of rotatable bonds is 17. The lowest BCUT2D eigenvalue weighted by Crippen LogP contribution is -2.10. The molecule has 0 aliphatic carbocycles. The second-order valence-electron chi connectivity index (χ2n) is 6.81. The molecule has 0 saturated heterocycles. The first-order valence-electron chi connectivity index (χ1n) is 10.6. The Morgan fingerprint density at radius 3 is 2.47 bits per heavy atom. The molecule has 0 saturated carbocycles. The minimum atomic E-state index is -1.06. The van der Waals surface area contributed by atoms with Gasteiger partial charge in [0.2, 0.25) is 0 Å². The summed E-state index contributed by atoms with van der Waals surface area (Å²) in [5, 5.41) is 16.1. The summed E-state index contributed by atoms with van der Waals surface area (Å²) in [6, 6.07) is 4.79. The molecule has 2 aromatic rings. The number of aromatic carboxylic acids is 1. The van der Waals surface area contributed by atoms with Gasteiger partial charge < -0.3 is 30.9 Å². The summed E-state index contributed by atoms with van der Waals surface area (Å²) in [5.41, 5.74) is 5.49. The van der Waals surface area contributed by atoms with Crippen LogP contribution >= 0.6 is 11.8 Å². The van der Waals surface area contributed by atoms with Crippen LogP contribution in [0.5, 0.6) is 0 Å². The van der Waals surface area contributed by atoms with E-state index in [1.54, 1.807) is 12.1 Å². The minimum absolute atomic E-state index is 0.0746. The molecule has 0 aliphatic rings. The van der Waals surface area contributed by atoms with E-state index in [1.807, 2.05) is 6.26 Å². The first-order valence-corrected chi connectivity index (χ1v) is 11.8. The smallest absolute Gasteiger partial charge is 0.339 e. The highest BCUT2D eigenvalue weighted by Gasteiger charge is 2.12. The van der Waals surface area contributed by atoms with Gasteiger partial charge in [-0.2, -0.15) is 0 Å². The van der Waals surface area contributed by atoms with Gasteiger partial charge in [0.05, 0.1) is 0 Å². The number of nitrogens with zero attached hydrogens (tertiary/aromatic N) is 3. The molecular formula is C21H32N6O4S. The number of carbonyl (C=O) groups is 1. The van der Waals surface area contributed by atoms with Gasteiger partial charge in [-0.15, -0.1) is 0 Å². The Morgan fingerprint density at radius 2 is 1.78 bits per heavy atom. The van der Waals surface area contributed by atoms with Crippen molar-refractivity contribution in [2.75, 3.05) is 56.4 Å². The lowest BCUT2D eigenvalue weighted by molar-refractivity contribution is 0.0697. The zero-order chi connectivity index (χ0) is 23.0. The number of hydrogen-bond acceptors (Lipinski definition) is 10. The Morgan fingerprint density at radius 1 is 1.09 bits per heavy atom. The number of pyridine rings is 1. The molecule has 10 nitrogen and oxygen atoms in total. The molecule has 32 heavy (non-hydrogen) atoms. The summed E-state index contributed by atoms with van der Waals surface area (Å²) >= 11 is 1.40. The van der Waals surface area contributed by atoms with E-state index in [1.165, 1.54) is 24.0 Å². The molecule has 0 atom stereocenters. The van der Waals surface area contributed by atoms with Crippen molar-refractivity contribution in [2.45, 2.75) is 30.8 Å². The number of nitrogens with one attached hydrogen (secondary N) is 2. The molecule has 2 heterocycles. The Balaban J connectivity index is 1.73. The van der Waals surface area contributed by atoms with Crippen LogP contribution in [0, 0.1) is 0 Å². The van der Waals surface area contributed by atoms with Crippen molar-refractivity contribution in [3.8, 4) is 0 Å². The van der Waals surface area contributed by atoms with E-state index in [0.29, 0.717) is 43.1 Å². The predicted molar refractivity (Wildman–Crippen MR) is 126 cm³/mol. The van der Waals surface area contributed by atoms with Gasteiger partial charge in [0.15, 0.2) is 5.16 Å². The van der Waals surface area contributed by atoms with Crippen LogP contribution in [-0.2, 0) is 9.47 Å². The van der Waals surface area contributed by atoms with Gasteiger partial charge in [0, 0.05) is 45.2 Å². The predicted octanol–water partition coefficient (Wildman–Crippen LogP) is 3.00. The van der Waals surface area contributed by atoms with Gasteiger partial charge in [-0.25, -0.2) is 19.7 Å². The third-order valence-electron chi connectivity index (χ3n) is 4.26. The Bertz CT molecular complexity index is 827. The summed E-state index contributed by atoms with van der Waals surface area (Å²) in [4.78, 5) is 24.3. The van der Waals surface area contributed by atoms with Crippen molar-refractivity contribution in [1.82, 2.24) is 15.0 Å². The molecule has 5 N–H and O–H groups in total. The summed E-state index contributed by atoms with van der Waals surface area (Å²) in [7, 11) is 0. The molecule has 0 unspecified atom stereocenters. The van der Waals surface area contributed by atoms with E-state index in [9.17, 15) is 9.90 Å². The average molecular weight is 465 g/mol. The number of anilines is 3. The quantitative estimate of drug-likeness (QED) is 0.156. The van der Waals surface area contributed by atoms with Gasteiger partial charge in [-0.3, -0.25) is 0 Å². The Hall–Kier alpha value is -2.47. The number of aromatic nitrogens is 3. The van der Waals surface area contributed by atoms with Crippen molar-refractivity contribution in [3.05, 3.63) is 30.0 Å². The van der Waals surface area contributed by atoms with Gasteiger partial charge >= 0.3 is 5.97 Å². The zero-order valence-corrected chi connectivity index (χ0v) is 19.2. The molecule has 2 aromatic heterocycles. The number of ether oxygens (including phenoxy) is 2. The zero-order valence-electron chi connectivity index (χ0n) is 18.4. The van der Waals surface area contributed by atoms with Crippen molar-refractivity contribution < 1.29 is 19.4 Å². The van der Waals surface area contributed by atoms with Crippen LogP contribution in [0.4, 0.5) is 17.5 Å². The standard InChI is InChI=1S/C21H32N6O4S/c1-32-21-26-17(23-10-6-14-31-12-3-2-11-30-13-5-8-22)15-18(27-21)25-19-16(20(28)29)7-4-9-24-19/h4,7,9,15H,2-3,5-6,8,10-14,22H2,1H3,(H,28,29)(H2,23,24,25,26,27). The van der Waals surface area contributed by atoms with E-state index in [-0.39, 0.29) is 11.4 Å². The fourth-order valence-electron chi connectivity index (χ4n) is 2.66. The van der Waals surface area contributed by atoms with Crippen molar-refractivity contribution >= 4 is 35.2 Å². The van der Waals surface area contributed by atoms with Crippen LogP contribution in [0.15, 0.2) is 29.6 Å². The maximum Gasteiger partial charge on any atom is 0.339 e. The van der Waals surface area contributed by atoms with Crippen molar-refractivity contribution in [1.29, 1.82) is 0 Å². The van der Waals surface area contributed by atoms with E-state index in [2.05, 4.69) is 25.6 Å². The number of carboxylic acids is 1. The first kappa shape index (κ1) is 25.8. The molecule has 0 spiro atoms. The molecule has 0 aliphatic heterocycles. The van der Waals surface area contributed by atoms with Gasteiger partial charge in [0.25, 0.3) is 0 Å². The van der Waals surface area contributed by atoms with Gasteiger partial charge in [0.1, 0.15) is 23.0 Å². The lowest BCUT2D eigenvalue weighted by atomic mass is 10.2. The maximum atomic E-state index is 11.4. The summed E-state index contributed by atoms with van der Waals surface area (Å²) < 4.78 is 11.1. The lowest BCUT2D eigenvalue weighted by Gasteiger charge is -2.11. The fraction of sp³-hybridized carbons (Fsp3) is 0.524. The summed E-state index contributed by atoms with van der Waals surface area (Å²) in [6.07, 6.45) is 7.09. The molecular weight excluding hydrogens is 432 g/mol. The van der Waals surface area contributed by atoms with Gasteiger partial charge in [-0.1, -0.05) is 11.8 Å². The van der Waals surface area contributed by atoms with E-state index in [0.717, 1.165) is 38.9 Å². The average Bonchev–Trinajstić information content (AvgIpc) is 2.80. The second kappa shape index (κ2) is 15.4.